The van der Waals surface area contributed by atoms with Gasteiger partial charge in [-0.2, -0.15) is 10.2 Å². The topological polar surface area (TPSA) is 24.7 Å². The summed E-state index contributed by atoms with van der Waals surface area (Å²) in [6.45, 7) is 2.06. The molecule has 17 heavy (non-hydrogen) atoms. The molecular formula is C15H15N2. The minimum atomic E-state index is 0.874. The van der Waals surface area contributed by atoms with Crippen molar-refractivity contribution >= 4 is 11.4 Å². The minimum absolute atomic E-state index is 0.874. The third-order valence-corrected chi connectivity index (χ3v) is 2.41. The van der Waals surface area contributed by atoms with Gasteiger partial charge in [-0.3, -0.25) is 0 Å². The minimum Gasteiger partial charge on any atom is -0.151 e. The smallest absolute Gasteiger partial charge is 0.0857 e. The van der Waals surface area contributed by atoms with Crippen LogP contribution >= 0.6 is 0 Å². The zero-order valence-electron chi connectivity index (χ0n) is 9.88. The summed E-state index contributed by atoms with van der Waals surface area (Å²) in [4.78, 5) is 0. The van der Waals surface area contributed by atoms with E-state index in [-0.39, 0.29) is 0 Å². The third-order valence-electron chi connectivity index (χ3n) is 2.41. The van der Waals surface area contributed by atoms with Crippen molar-refractivity contribution in [2.24, 2.45) is 10.2 Å². The molecule has 0 spiro atoms. The molecule has 0 N–H and O–H groups in total. The maximum absolute atomic E-state index is 4.19. The molecule has 2 nitrogen and oxygen atoms in total. The molecule has 0 fully saturated rings. The second-order valence-electron chi connectivity index (χ2n) is 3.81. The Kier molecular flexibility index (Phi) is 4.03. The number of hydrogen-bond acceptors (Lipinski definition) is 2. The first-order valence-corrected chi connectivity index (χ1v) is 5.72. The van der Waals surface area contributed by atoms with Gasteiger partial charge in [0, 0.05) is 0 Å². The van der Waals surface area contributed by atoms with Gasteiger partial charge in [0.25, 0.3) is 0 Å². The van der Waals surface area contributed by atoms with Crippen LogP contribution in [0.4, 0.5) is 11.4 Å². The SMILES string of the molecule is C[CH]Cc1ccc(N=Nc2ccccc2)cc1. The highest BCUT2D eigenvalue weighted by Crippen LogP contribution is 2.18. The van der Waals surface area contributed by atoms with Crippen LogP contribution in [-0.4, -0.2) is 0 Å². The molecule has 85 valence electrons. The molecule has 0 amide bonds. The molecule has 0 unspecified atom stereocenters. The third kappa shape index (κ3) is 3.52. The zero-order chi connectivity index (χ0) is 11.9. The number of azo groups is 1. The number of benzene rings is 2. The summed E-state index contributed by atoms with van der Waals surface area (Å²) >= 11 is 0. The Labute approximate surface area is 102 Å². The lowest BCUT2D eigenvalue weighted by Crippen LogP contribution is -1.80. The van der Waals surface area contributed by atoms with Crippen molar-refractivity contribution in [1.29, 1.82) is 0 Å². The number of rotatable bonds is 4. The van der Waals surface area contributed by atoms with E-state index in [1.54, 1.807) is 0 Å². The molecule has 1 radical (unpaired) electrons. The molecule has 0 bridgehead atoms. The fourth-order valence-electron chi connectivity index (χ4n) is 1.54. The Hall–Kier alpha value is -1.96. The highest BCUT2D eigenvalue weighted by atomic mass is 15.1. The summed E-state index contributed by atoms with van der Waals surface area (Å²) in [5.41, 5.74) is 3.05. The van der Waals surface area contributed by atoms with Crippen molar-refractivity contribution in [3.05, 3.63) is 66.6 Å². The second-order valence-corrected chi connectivity index (χ2v) is 3.81. The lowest BCUT2D eigenvalue weighted by atomic mass is 10.1. The molecule has 0 heterocycles. The van der Waals surface area contributed by atoms with Crippen molar-refractivity contribution in [3.63, 3.8) is 0 Å². The number of nitrogens with zero attached hydrogens (tertiary/aromatic N) is 2. The van der Waals surface area contributed by atoms with Gasteiger partial charge in [-0.05, 0) is 42.7 Å². The number of hydrogen-bond donors (Lipinski definition) is 0. The summed E-state index contributed by atoms with van der Waals surface area (Å²) in [5, 5.41) is 8.36. The molecule has 2 aromatic rings. The summed E-state index contributed by atoms with van der Waals surface area (Å²) in [6.07, 6.45) is 3.14. The lowest BCUT2D eigenvalue weighted by Gasteiger charge is -1.98. The maximum Gasteiger partial charge on any atom is 0.0857 e. The summed E-state index contributed by atoms with van der Waals surface area (Å²) in [6, 6.07) is 17.9. The van der Waals surface area contributed by atoms with Crippen molar-refractivity contribution in [2.45, 2.75) is 13.3 Å². The van der Waals surface area contributed by atoms with Crippen LogP contribution in [0.2, 0.25) is 0 Å². The molecule has 0 aliphatic heterocycles. The maximum atomic E-state index is 4.19. The van der Waals surface area contributed by atoms with Crippen LogP contribution in [0.15, 0.2) is 64.8 Å². The average molecular weight is 223 g/mol. The van der Waals surface area contributed by atoms with Gasteiger partial charge in [0.2, 0.25) is 0 Å². The van der Waals surface area contributed by atoms with Crippen LogP contribution < -0.4 is 0 Å². The Balaban J connectivity index is 2.06. The molecule has 0 saturated heterocycles. The fourth-order valence-corrected chi connectivity index (χ4v) is 1.54. The van der Waals surface area contributed by atoms with E-state index in [9.17, 15) is 0 Å². The van der Waals surface area contributed by atoms with Crippen LogP contribution in [0.1, 0.15) is 12.5 Å². The van der Waals surface area contributed by atoms with E-state index in [1.165, 1.54) is 5.56 Å². The lowest BCUT2D eigenvalue weighted by molar-refractivity contribution is 1.14. The fraction of sp³-hybridized carbons (Fsp3) is 0.133. The first-order valence-electron chi connectivity index (χ1n) is 5.72. The summed E-state index contributed by atoms with van der Waals surface area (Å²) in [5.74, 6) is 0. The first kappa shape index (κ1) is 11.5. The standard InChI is InChI=1S/C15H15N2/c1-2-6-13-9-11-15(12-10-13)17-16-14-7-4-3-5-8-14/h2-5,7-12H,6H2,1H3. The van der Waals surface area contributed by atoms with Gasteiger partial charge < -0.3 is 0 Å². The molecule has 0 aliphatic rings. The van der Waals surface area contributed by atoms with Crippen molar-refractivity contribution in [2.75, 3.05) is 0 Å². The van der Waals surface area contributed by atoms with E-state index in [4.69, 9.17) is 0 Å². The monoisotopic (exact) mass is 223 g/mol. The summed E-state index contributed by atoms with van der Waals surface area (Å²) in [7, 11) is 0. The predicted molar refractivity (Wildman–Crippen MR) is 70.7 cm³/mol. The van der Waals surface area contributed by atoms with Gasteiger partial charge in [-0.1, -0.05) is 37.3 Å². The van der Waals surface area contributed by atoms with E-state index >= 15 is 0 Å². The Morgan fingerprint density at radius 2 is 1.41 bits per heavy atom. The quantitative estimate of drug-likeness (QED) is 0.661. The molecule has 0 saturated carbocycles. The van der Waals surface area contributed by atoms with Crippen LogP contribution in [0.5, 0.6) is 0 Å². The van der Waals surface area contributed by atoms with Crippen molar-refractivity contribution < 1.29 is 0 Å². The molecule has 0 aliphatic carbocycles. The van der Waals surface area contributed by atoms with Crippen LogP contribution in [0.3, 0.4) is 0 Å². The molecular weight excluding hydrogens is 208 g/mol. The largest absolute Gasteiger partial charge is 0.151 e. The normalized spacial score (nSPS) is 10.9. The van der Waals surface area contributed by atoms with Gasteiger partial charge in [0.1, 0.15) is 0 Å². The Morgan fingerprint density at radius 1 is 0.824 bits per heavy atom. The van der Waals surface area contributed by atoms with Gasteiger partial charge in [-0.15, -0.1) is 0 Å². The second kappa shape index (κ2) is 5.94. The molecule has 0 atom stereocenters. The van der Waals surface area contributed by atoms with E-state index in [1.807, 2.05) is 42.5 Å². The van der Waals surface area contributed by atoms with Crippen molar-refractivity contribution in [3.8, 4) is 0 Å². The first-order chi connectivity index (χ1) is 8.38. The summed E-state index contributed by atoms with van der Waals surface area (Å²) < 4.78 is 0. The van der Waals surface area contributed by atoms with Crippen LogP contribution in [-0.2, 0) is 6.42 Å². The molecule has 2 rings (SSSR count). The predicted octanol–water partition coefficient (Wildman–Crippen LogP) is 4.87. The molecule has 2 heteroatoms. The molecule has 2 aromatic carbocycles. The van der Waals surface area contributed by atoms with E-state index in [0.29, 0.717) is 0 Å². The average Bonchev–Trinajstić information content (AvgIpc) is 2.40. The van der Waals surface area contributed by atoms with Crippen LogP contribution in [0, 0.1) is 6.42 Å². The Morgan fingerprint density at radius 3 is 2.00 bits per heavy atom. The van der Waals surface area contributed by atoms with E-state index in [2.05, 4.69) is 35.7 Å². The van der Waals surface area contributed by atoms with Gasteiger partial charge in [-0.25, -0.2) is 0 Å². The van der Waals surface area contributed by atoms with Crippen molar-refractivity contribution in [1.82, 2.24) is 0 Å². The Bertz CT molecular complexity index is 472. The van der Waals surface area contributed by atoms with Gasteiger partial charge in [0.05, 0.1) is 11.4 Å². The van der Waals surface area contributed by atoms with E-state index < -0.39 is 0 Å². The highest BCUT2D eigenvalue weighted by molar-refractivity contribution is 5.41. The van der Waals surface area contributed by atoms with E-state index in [0.717, 1.165) is 17.8 Å². The molecule has 0 aromatic heterocycles. The highest BCUT2D eigenvalue weighted by Gasteiger charge is 1.92. The van der Waals surface area contributed by atoms with Gasteiger partial charge >= 0.3 is 0 Å². The van der Waals surface area contributed by atoms with Gasteiger partial charge in [0.15, 0.2) is 0 Å². The van der Waals surface area contributed by atoms with Crippen LogP contribution in [0.25, 0.3) is 0 Å². The zero-order valence-corrected chi connectivity index (χ0v) is 9.88.